The first-order valence-corrected chi connectivity index (χ1v) is 23.5. The van der Waals surface area contributed by atoms with Crippen LogP contribution in [0.1, 0.15) is 101 Å². The van der Waals surface area contributed by atoms with Crippen LogP contribution in [0.2, 0.25) is 10.1 Å². The van der Waals surface area contributed by atoms with Crippen molar-refractivity contribution in [2.24, 2.45) is 0 Å². The molecule has 0 N–H and O–H groups in total. The summed E-state index contributed by atoms with van der Waals surface area (Å²) in [5, 5.41) is 4.87. The van der Waals surface area contributed by atoms with Crippen LogP contribution in [0, 0.1) is 0 Å². The van der Waals surface area contributed by atoms with Crippen molar-refractivity contribution in [1.29, 1.82) is 0 Å². The molecule has 0 radical (unpaired) electrons. The maximum atomic E-state index is 11.7. The molecule has 8 heteroatoms. The quantitative estimate of drug-likeness (QED) is 0.106. The van der Waals surface area contributed by atoms with Crippen molar-refractivity contribution in [2.45, 2.75) is 136 Å². The number of hydrogen-bond donors (Lipinski definition) is 0. The van der Waals surface area contributed by atoms with Crippen molar-refractivity contribution in [1.82, 2.24) is 0 Å². The Kier molecular flexibility index (Phi) is 15.1. The minimum atomic E-state index is -2.61. The topological polar surface area (TPSA) is 71.1 Å². The SMILES string of the molecule is C.CC[C@@H](O[Si](c1ccccc1)(c1ccccc1)C(C)(C)C)[C@@H]1CCC(=O)O1.CC[C@H](O[Si](c1ccccc1)(c1ccccc1)C(C)(C)C)[C@@H]1CCC(=O)O1. The van der Waals surface area contributed by atoms with Crippen LogP contribution in [0.15, 0.2) is 121 Å². The second-order valence-corrected chi connectivity index (χ2v) is 25.1. The minimum absolute atomic E-state index is 0. The van der Waals surface area contributed by atoms with E-state index in [4.69, 9.17) is 18.3 Å². The third-order valence-corrected chi connectivity index (χ3v) is 21.1. The summed E-state index contributed by atoms with van der Waals surface area (Å²) in [6.07, 6.45) is 3.63. The average molecular weight is 781 g/mol. The molecule has 6 nitrogen and oxygen atoms in total. The Morgan fingerprint density at radius 2 is 0.782 bits per heavy atom. The van der Waals surface area contributed by atoms with Crippen LogP contribution in [0.25, 0.3) is 0 Å². The molecule has 296 valence electrons. The summed E-state index contributed by atoms with van der Waals surface area (Å²) < 4.78 is 25.4. The van der Waals surface area contributed by atoms with Gasteiger partial charge >= 0.3 is 11.9 Å². The maximum Gasteiger partial charge on any atom is 0.306 e. The molecule has 0 aromatic heterocycles. The number of benzene rings is 4. The van der Waals surface area contributed by atoms with E-state index < -0.39 is 16.6 Å². The molecule has 4 atom stereocenters. The number of hydrogen-bond acceptors (Lipinski definition) is 6. The number of carbonyl (C=O) groups excluding carboxylic acids is 2. The molecule has 0 unspecified atom stereocenters. The highest BCUT2D eigenvalue weighted by atomic mass is 28.4. The lowest BCUT2D eigenvalue weighted by Crippen LogP contribution is -2.68. The summed E-state index contributed by atoms with van der Waals surface area (Å²) in [7, 11) is -5.23. The Morgan fingerprint density at radius 1 is 0.527 bits per heavy atom. The van der Waals surface area contributed by atoms with Crippen LogP contribution in [-0.4, -0.2) is 53.0 Å². The summed E-state index contributed by atoms with van der Waals surface area (Å²) in [4.78, 5) is 23.4. The smallest absolute Gasteiger partial charge is 0.306 e. The van der Waals surface area contributed by atoms with Gasteiger partial charge in [0, 0.05) is 12.8 Å². The predicted molar refractivity (Wildman–Crippen MR) is 231 cm³/mol. The van der Waals surface area contributed by atoms with Gasteiger partial charge in [-0.1, -0.05) is 184 Å². The van der Waals surface area contributed by atoms with E-state index in [9.17, 15) is 9.59 Å². The first kappa shape index (κ1) is 43.9. The highest BCUT2D eigenvalue weighted by Gasteiger charge is 2.54. The van der Waals surface area contributed by atoms with Crippen LogP contribution >= 0.6 is 0 Å². The third-order valence-electron chi connectivity index (χ3n) is 11.0. The lowest BCUT2D eigenvalue weighted by Gasteiger charge is -2.45. The van der Waals surface area contributed by atoms with E-state index in [2.05, 4.69) is 152 Å². The van der Waals surface area contributed by atoms with Gasteiger partial charge in [0.15, 0.2) is 0 Å². The number of cyclic esters (lactones) is 2. The molecule has 2 aliphatic rings. The normalized spacial score (nSPS) is 18.6. The molecule has 2 saturated heterocycles. The maximum absolute atomic E-state index is 11.7. The Labute approximate surface area is 333 Å². The number of esters is 2. The lowest BCUT2D eigenvalue weighted by molar-refractivity contribution is -0.145. The molecular formula is C47H64O6Si2. The van der Waals surface area contributed by atoms with Gasteiger partial charge in [0.2, 0.25) is 0 Å². The van der Waals surface area contributed by atoms with Crippen molar-refractivity contribution >= 4 is 49.3 Å². The largest absolute Gasteiger partial charge is 0.460 e. The number of rotatable bonds is 12. The Hall–Kier alpha value is -3.83. The van der Waals surface area contributed by atoms with Crippen LogP contribution in [0.3, 0.4) is 0 Å². The van der Waals surface area contributed by atoms with Crippen LogP contribution in [-0.2, 0) is 27.9 Å². The summed E-state index contributed by atoms with van der Waals surface area (Å²) in [5.74, 6) is -0.214. The van der Waals surface area contributed by atoms with Gasteiger partial charge in [-0.25, -0.2) is 0 Å². The molecule has 2 aliphatic heterocycles. The molecule has 4 aromatic rings. The zero-order chi connectivity index (χ0) is 39.0. The van der Waals surface area contributed by atoms with Gasteiger partial charge in [0.05, 0.1) is 12.2 Å². The zero-order valence-corrected chi connectivity index (χ0v) is 35.5. The lowest BCUT2D eigenvalue weighted by atomic mass is 10.1. The van der Waals surface area contributed by atoms with Gasteiger partial charge in [-0.3, -0.25) is 9.59 Å². The zero-order valence-electron chi connectivity index (χ0n) is 33.5. The van der Waals surface area contributed by atoms with Crippen molar-refractivity contribution in [3.8, 4) is 0 Å². The standard InChI is InChI=1S/2C23H30O3Si.CH4/c2*1-5-20(21-16-17-22(24)25-21)26-27(23(2,3)4,18-12-8-6-9-13-18)19-14-10-7-11-15-19;/h2*6-15,20-21H,5,16-17H2,1-4H3;1H4/t20-,21+;20-,21-;/m10./s1. The van der Waals surface area contributed by atoms with Gasteiger partial charge in [-0.15, -0.1) is 0 Å². The first-order valence-electron chi connectivity index (χ1n) is 19.7. The summed E-state index contributed by atoms with van der Waals surface area (Å²) in [6, 6.07) is 42.4. The Morgan fingerprint density at radius 3 is 0.964 bits per heavy atom. The Balaban J connectivity index is 0.000000240. The fourth-order valence-corrected chi connectivity index (χ4v) is 17.9. The van der Waals surface area contributed by atoms with Gasteiger partial charge in [-0.05, 0) is 56.5 Å². The molecule has 2 heterocycles. The highest BCUT2D eigenvalue weighted by Crippen LogP contribution is 2.40. The van der Waals surface area contributed by atoms with E-state index in [1.54, 1.807) is 0 Å². The molecule has 4 aromatic carbocycles. The van der Waals surface area contributed by atoms with E-state index >= 15 is 0 Å². The fraction of sp³-hybridized carbons (Fsp3) is 0.447. The minimum Gasteiger partial charge on any atom is -0.460 e. The predicted octanol–water partition coefficient (Wildman–Crippen LogP) is 8.73. The number of carbonyl (C=O) groups is 2. The molecule has 0 amide bonds. The molecule has 55 heavy (non-hydrogen) atoms. The molecule has 0 bridgehead atoms. The van der Waals surface area contributed by atoms with E-state index in [0.717, 1.165) is 25.7 Å². The van der Waals surface area contributed by atoms with E-state index in [1.807, 2.05) is 24.3 Å². The van der Waals surface area contributed by atoms with Crippen molar-refractivity contribution in [3.05, 3.63) is 121 Å². The molecule has 2 fully saturated rings. The summed E-state index contributed by atoms with van der Waals surface area (Å²) in [5.41, 5.74) is 0. The Bertz CT molecular complexity index is 1560. The van der Waals surface area contributed by atoms with Crippen LogP contribution in [0.4, 0.5) is 0 Å². The first-order chi connectivity index (χ1) is 25.8. The molecule has 6 rings (SSSR count). The van der Waals surface area contributed by atoms with Crippen LogP contribution in [0.5, 0.6) is 0 Å². The monoisotopic (exact) mass is 780 g/mol. The van der Waals surface area contributed by atoms with Gasteiger partial charge in [-0.2, -0.15) is 0 Å². The second kappa shape index (κ2) is 18.9. The highest BCUT2D eigenvalue weighted by molar-refractivity contribution is 7.00. The van der Waals surface area contributed by atoms with Gasteiger partial charge in [0.1, 0.15) is 12.2 Å². The van der Waals surface area contributed by atoms with Crippen LogP contribution < -0.4 is 20.7 Å². The van der Waals surface area contributed by atoms with Crippen molar-refractivity contribution in [3.63, 3.8) is 0 Å². The van der Waals surface area contributed by atoms with Gasteiger partial charge < -0.3 is 18.3 Å². The molecule has 0 aliphatic carbocycles. The molecular weight excluding hydrogens is 717 g/mol. The van der Waals surface area contributed by atoms with E-state index in [0.29, 0.717) is 12.8 Å². The summed E-state index contributed by atoms with van der Waals surface area (Å²) in [6.45, 7) is 17.9. The van der Waals surface area contributed by atoms with Gasteiger partial charge in [0.25, 0.3) is 16.6 Å². The molecule has 0 saturated carbocycles. The average Bonchev–Trinajstić information content (AvgIpc) is 3.81. The molecule has 0 spiro atoms. The van der Waals surface area contributed by atoms with Crippen molar-refractivity contribution < 1.29 is 27.9 Å². The number of ether oxygens (including phenoxy) is 2. The van der Waals surface area contributed by atoms with E-state index in [1.165, 1.54) is 20.7 Å². The summed E-state index contributed by atoms with van der Waals surface area (Å²) >= 11 is 0. The third kappa shape index (κ3) is 9.59. The second-order valence-electron chi connectivity index (χ2n) is 16.6. The fourth-order valence-electron chi connectivity index (χ4n) is 8.30. The van der Waals surface area contributed by atoms with E-state index in [-0.39, 0.29) is 53.9 Å². The van der Waals surface area contributed by atoms with Crippen molar-refractivity contribution in [2.75, 3.05) is 0 Å².